The predicted molar refractivity (Wildman–Crippen MR) is 142 cm³/mol. The van der Waals surface area contributed by atoms with Gasteiger partial charge in [0.1, 0.15) is 11.7 Å². The second-order valence-corrected chi connectivity index (χ2v) is 13.8. The monoisotopic (exact) mass is 495 g/mol. The maximum absolute atomic E-state index is 12.3. The van der Waals surface area contributed by atoms with Crippen molar-refractivity contribution in [2.75, 3.05) is 27.3 Å². The molecule has 1 saturated heterocycles. The van der Waals surface area contributed by atoms with Crippen LogP contribution in [0.25, 0.3) is 0 Å². The van der Waals surface area contributed by atoms with Crippen LogP contribution in [0, 0.1) is 16.7 Å². The number of ether oxygens (including phenoxy) is 3. The lowest BCUT2D eigenvalue weighted by Crippen LogP contribution is -2.83. The molecule has 4 aliphatic carbocycles. The first kappa shape index (κ1) is 24.8. The Kier molecular flexibility index (Phi) is 5.17. The van der Waals surface area contributed by atoms with Crippen molar-refractivity contribution in [3.8, 4) is 11.5 Å². The lowest BCUT2D eigenvalue weighted by atomic mass is 9.33. The number of piperidine rings is 1. The summed E-state index contributed by atoms with van der Waals surface area (Å²) in [4.78, 5) is 2.74. The normalized spacial score (nSPS) is 39.8. The Balaban J connectivity index is 1.61. The average Bonchev–Trinajstić information content (AvgIpc) is 3.19. The number of hydrogen-bond acceptors (Lipinski definition) is 5. The van der Waals surface area contributed by atoms with Gasteiger partial charge in [-0.05, 0) is 76.5 Å². The molecule has 0 aromatic heterocycles. The number of allylic oxidation sites excluding steroid dienone is 1. The summed E-state index contributed by atoms with van der Waals surface area (Å²) in [6, 6.07) is 4.81. The molecule has 5 nitrogen and oxygen atoms in total. The molecule has 0 unspecified atom stereocenters. The fourth-order valence-corrected chi connectivity index (χ4v) is 9.40. The van der Waals surface area contributed by atoms with Gasteiger partial charge >= 0.3 is 0 Å². The number of hydrogen-bond donors (Lipinski definition) is 1. The first-order chi connectivity index (χ1) is 16.9. The van der Waals surface area contributed by atoms with Crippen LogP contribution >= 0.6 is 0 Å². The smallest absolute Gasteiger partial charge is 0.165 e. The molecule has 1 aromatic carbocycles. The van der Waals surface area contributed by atoms with Gasteiger partial charge in [0.05, 0.1) is 12.7 Å². The van der Waals surface area contributed by atoms with E-state index in [1.807, 2.05) is 7.11 Å². The van der Waals surface area contributed by atoms with Crippen molar-refractivity contribution >= 4 is 0 Å². The van der Waals surface area contributed by atoms with E-state index in [2.05, 4.69) is 64.7 Å². The SMILES string of the molecule is COc1ccc2c3c1O[C@H]1[C@@]4(OC)CC[C@@]5(C[C@@H]4[C@](C)(O)C(C)(C)C)[C@@H](C2)N(CC=C(C)C)CC[C@]315. The molecule has 1 aromatic rings. The van der Waals surface area contributed by atoms with Crippen molar-refractivity contribution in [1.29, 1.82) is 0 Å². The molecule has 0 amide bonds. The first-order valence-corrected chi connectivity index (χ1v) is 13.9. The zero-order valence-electron chi connectivity index (χ0n) is 23.5. The Labute approximate surface area is 217 Å². The fraction of sp³-hybridized carbons (Fsp3) is 0.742. The van der Waals surface area contributed by atoms with Crippen molar-refractivity contribution in [3.63, 3.8) is 0 Å². The molecule has 7 rings (SSSR count). The van der Waals surface area contributed by atoms with E-state index in [4.69, 9.17) is 14.2 Å². The van der Waals surface area contributed by atoms with Gasteiger partial charge in [0.2, 0.25) is 0 Å². The number of rotatable bonds is 5. The minimum Gasteiger partial charge on any atom is -0.493 e. The third kappa shape index (κ3) is 2.68. The minimum absolute atomic E-state index is 0.0189. The average molecular weight is 496 g/mol. The van der Waals surface area contributed by atoms with Crippen LogP contribution in [0.1, 0.15) is 78.4 Å². The van der Waals surface area contributed by atoms with Crippen LogP contribution in [0.3, 0.4) is 0 Å². The largest absolute Gasteiger partial charge is 0.493 e. The van der Waals surface area contributed by atoms with Crippen molar-refractivity contribution in [2.24, 2.45) is 16.7 Å². The topological polar surface area (TPSA) is 51.2 Å². The van der Waals surface area contributed by atoms with Crippen molar-refractivity contribution in [2.45, 2.75) is 102 Å². The number of methoxy groups -OCH3 is 2. The van der Waals surface area contributed by atoms with Gasteiger partial charge in [0.25, 0.3) is 0 Å². The minimum atomic E-state index is -0.903. The lowest BCUT2D eigenvalue weighted by molar-refractivity contribution is -0.312. The molecule has 198 valence electrons. The van der Waals surface area contributed by atoms with Gasteiger partial charge in [-0.3, -0.25) is 4.90 Å². The van der Waals surface area contributed by atoms with E-state index < -0.39 is 11.2 Å². The van der Waals surface area contributed by atoms with E-state index in [1.165, 1.54) is 16.7 Å². The van der Waals surface area contributed by atoms with Gasteiger partial charge in [0.15, 0.2) is 11.5 Å². The van der Waals surface area contributed by atoms with Crippen LogP contribution in [0.4, 0.5) is 0 Å². The van der Waals surface area contributed by atoms with Crippen molar-refractivity contribution < 1.29 is 19.3 Å². The molecular formula is C31H45NO4. The van der Waals surface area contributed by atoms with Crippen LogP contribution in [0.5, 0.6) is 11.5 Å². The molecule has 2 spiro atoms. The molecular weight excluding hydrogens is 450 g/mol. The molecule has 7 atom stereocenters. The van der Waals surface area contributed by atoms with Crippen LogP contribution in [-0.4, -0.2) is 60.7 Å². The Morgan fingerprint density at radius 2 is 1.92 bits per heavy atom. The highest BCUT2D eigenvalue weighted by molar-refractivity contribution is 5.63. The summed E-state index contributed by atoms with van der Waals surface area (Å²) in [6.45, 7) is 15.0. The maximum Gasteiger partial charge on any atom is 0.165 e. The maximum atomic E-state index is 12.3. The second kappa shape index (κ2) is 7.51. The van der Waals surface area contributed by atoms with Gasteiger partial charge in [-0.1, -0.05) is 38.5 Å². The lowest BCUT2D eigenvalue weighted by Gasteiger charge is -2.75. The molecule has 3 saturated carbocycles. The fourth-order valence-electron chi connectivity index (χ4n) is 9.40. The molecule has 0 radical (unpaired) electrons. The Morgan fingerprint density at radius 1 is 1.17 bits per heavy atom. The third-order valence-electron chi connectivity index (χ3n) is 11.6. The summed E-state index contributed by atoms with van der Waals surface area (Å²) in [5.74, 6) is 1.76. The summed E-state index contributed by atoms with van der Waals surface area (Å²) >= 11 is 0. The van der Waals surface area contributed by atoms with Gasteiger partial charge < -0.3 is 19.3 Å². The van der Waals surface area contributed by atoms with Crippen molar-refractivity contribution in [1.82, 2.24) is 4.90 Å². The van der Waals surface area contributed by atoms with E-state index in [-0.39, 0.29) is 28.3 Å². The summed E-state index contributed by atoms with van der Waals surface area (Å²) in [7, 11) is 3.61. The first-order valence-electron chi connectivity index (χ1n) is 13.9. The van der Waals surface area contributed by atoms with E-state index in [0.717, 1.165) is 56.7 Å². The van der Waals surface area contributed by atoms with Crippen molar-refractivity contribution in [3.05, 3.63) is 34.9 Å². The van der Waals surface area contributed by atoms with E-state index in [9.17, 15) is 5.11 Å². The molecule has 2 heterocycles. The van der Waals surface area contributed by atoms with Crippen LogP contribution < -0.4 is 9.47 Å². The van der Waals surface area contributed by atoms with Gasteiger partial charge in [0, 0.05) is 42.0 Å². The predicted octanol–water partition coefficient (Wildman–Crippen LogP) is 5.27. The summed E-state index contributed by atoms with van der Waals surface area (Å²) < 4.78 is 19.6. The highest BCUT2D eigenvalue weighted by Crippen LogP contribution is 2.78. The van der Waals surface area contributed by atoms with Crippen LogP contribution in [-0.2, 0) is 16.6 Å². The number of benzene rings is 1. The number of aliphatic hydroxyl groups is 1. The Bertz CT molecular complexity index is 1110. The highest BCUT2D eigenvalue weighted by Gasteiger charge is 2.82. The van der Waals surface area contributed by atoms with E-state index >= 15 is 0 Å². The molecule has 4 fully saturated rings. The number of nitrogens with zero attached hydrogens (tertiary/aromatic N) is 1. The Morgan fingerprint density at radius 3 is 2.56 bits per heavy atom. The standard InChI is InChI=1S/C31H45NO4/c1-19(2)11-15-32-16-14-30-24-20-9-10-21(34-7)25(24)36-26(30)31(35-8)13-12-29(30,23(32)17-20)18-22(31)28(6,33)27(3,4)5/h9-11,22-23,26,33H,12-18H2,1-8H3/t22-,23-,26-,28+,29-,30+,31-/m1/s1. The van der Waals surface area contributed by atoms with Crippen LogP contribution in [0.15, 0.2) is 23.8 Å². The summed E-state index contributed by atoms with van der Waals surface area (Å²) in [5.41, 5.74) is 2.40. The second-order valence-electron chi connectivity index (χ2n) is 13.8. The molecule has 1 N–H and O–H groups in total. The van der Waals surface area contributed by atoms with Crippen LogP contribution in [0.2, 0.25) is 0 Å². The molecule has 6 aliphatic rings. The van der Waals surface area contributed by atoms with Gasteiger partial charge in [-0.2, -0.15) is 0 Å². The third-order valence-corrected chi connectivity index (χ3v) is 11.6. The molecule has 36 heavy (non-hydrogen) atoms. The summed E-state index contributed by atoms with van der Waals surface area (Å²) in [6.07, 6.45) is 7.37. The van der Waals surface area contributed by atoms with E-state index in [0.29, 0.717) is 6.04 Å². The molecule has 5 heteroatoms. The quantitative estimate of drug-likeness (QED) is 0.564. The number of fused-ring (bicyclic) bond motifs is 2. The summed E-state index contributed by atoms with van der Waals surface area (Å²) in [5, 5.41) is 12.3. The zero-order valence-corrected chi connectivity index (χ0v) is 23.5. The zero-order chi connectivity index (χ0) is 25.9. The van der Waals surface area contributed by atoms with Gasteiger partial charge in [-0.25, -0.2) is 0 Å². The number of likely N-dealkylation sites (tertiary alicyclic amines) is 1. The van der Waals surface area contributed by atoms with Gasteiger partial charge in [-0.15, -0.1) is 0 Å². The molecule has 4 bridgehead atoms. The molecule has 2 aliphatic heterocycles. The highest BCUT2D eigenvalue weighted by atomic mass is 16.6. The Hall–Kier alpha value is -1.56. The van der Waals surface area contributed by atoms with E-state index in [1.54, 1.807) is 7.11 Å².